The summed E-state index contributed by atoms with van der Waals surface area (Å²) in [5.74, 6) is 1.93. The number of para-hydroxylation sites is 1. The Hall–Kier alpha value is -1.59. The molecule has 4 rings (SSSR count). The van der Waals surface area contributed by atoms with E-state index in [1.165, 1.54) is 0 Å². The van der Waals surface area contributed by atoms with E-state index in [9.17, 15) is 4.79 Å². The van der Waals surface area contributed by atoms with Crippen molar-refractivity contribution < 1.29 is 19.0 Å². The topological polar surface area (TPSA) is 48.0 Å². The lowest BCUT2D eigenvalue weighted by Gasteiger charge is -2.36. The van der Waals surface area contributed by atoms with Gasteiger partial charge in [-0.15, -0.1) is 0 Å². The summed E-state index contributed by atoms with van der Waals surface area (Å²) >= 11 is 0. The van der Waals surface area contributed by atoms with Crippen molar-refractivity contribution >= 4 is 5.91 Å². The second-order valence-corrected chi connectivity index (χ2v) is 7.05. The summed E-state index contributed by atoms with van der Waals surface area (Å²) in [6, 6.07) is 8.25. The Kier molecular flexibility index (Phi) is 4.46. The molecule has 0 spiro atoms. The lowest BCUT2D eigenvalue weighted by molar-refractivity contribution is -0.140. The molecule has 0 unspecified atom stereocenters. The lowest BCUT2D eigenvalue weighted by Crippen LogP contribution is -2.40. The molecule has 3 atom stereocenters. The standard InChI is InChI=1S/C19H25NO4/c1-22-11-14-10-20(19(21)13-6-8-23-9-7-13)18-15-4-2-3-5-17(15)24-12-16(14)18/h2-5,13-14,16,18H,6-12H2,1H3/t14-,16-,18-/m0/s1. The van der Waals surface area contributed by atoms with Gasteiger partial charge in [-0.1, -0.05) is 18.2 Å². The molecule has 5 nitrogen and oxygen atoms in total. The molecule has 130 valence electrons. The van der Waals surface area contributed by atoms with E-state index >= 15 is 0 Å². The third-order valence-electron chi connectivity index (χ3n) is 5.68. The smallest absolute Gasteiger partial charge is 0.226 e. The molecule has 0 saturated carbocycles. The molecule has 0 N–H and O–H groups in total. The number of carbonyl (C=O) groups excluding carboxylic acids is 1. The number of rotatable bonds is 3. The number of methoxy groups -OCH3 is 1. The highest BCUT2D eigenvalue weighted by atomic mass is 16.5. The van der Waals surface area contributed by atoms with E-state index in [1.807, 2.05) is 18.2 Å². The maximum atomic E-state index is 13.2. The van der Waals surface area contributed by atoms with Crippen molar-refractivity contribution in [2.75, 3.05) is 40.1 Å². The minimum atomic E-state index is 0.0932. The molecular formula is C19H25NO4. The van der Waals surface area contributed by atoms with Gasteiger partial charge in [0, 0.05) is 50.2 Å². The molecule has 5 heteroatoms. The zero-order valence-electron chi connectivity index (χ0n) is 14.1. The van der Waals surface area contributed by atoms with Gasteiger partial charge in [-0.3, -0.25) is 4.79 Å². The van der Waals surface area contributed by atoms with Crippen LogP contribution in [0.15, 0.2) is 24.3 Å². The number of nitrogens with zero attached hydrogens (tertiary/aromatic N) is 1. The van der Waals surface area contributed by atoms with Gasteiger partial charge in [0.05, 0.1) is 19.3 Å². The minimum Gasteiger partial charge on any atom is -0.493 e. The second-order valence-electron chi connectivity index (χ2n) is 7.05. The van der Waals surface area contributed by atoms with Gasteiger partial charge in [0.1, 0.15) is 5.75 Å². The van der Waals surface area contributed by atoms with Crippen LogP contribution >= 0.6 is 0 Å². The first-order valence-corrected chi connectivity index (χ1v) is 8.88. The molecule has 3 heterocycles. The monoisotopic (exact) mass is 331 g/mol. The average molecular weight is 331 g/mol. The maximum Gasteiger partial charge on any atom is 0.226 e. The van der Waals surface area contributed by atoms with Gasteiger partial charge in [0.2, 0.25) is 5.91 Å². The molecule has 3 aliphatic heterocycles. The summed E-state index contributed by atoms with van der Waals surface area (Å²) in [5.41, 5.74) is 1.15. The fourth-order valence-electron chi connectivity index (χ4n) is 4.46. The van der Waals surface area contributed by atoms with Crippen molar-refractivity contribution in [1.29, 1.82) is 0 Å². The predicted molar refractivity (Wildman–Crippen MR) is 88.8 cm³/mol. The molecule has 24 heavy (non-hydrogen) atoms. The zero-order valence-corrected chi connectivity index (χ0v) is 14.1. The van der Waals surface area contributed by atoms with Crippen molar-refractivity contribution in [2.24, 2.45) is 17.8 Å². The van der Waals surface area contributed by atoms with Crippen LogP contribution in [0.1, 0.15) is 24.4 Å². The van der Waals surface area contributed by atoms with Gasteiger partial charge >= 0.3 is 0 Å². The van der Waals surface area contributed by atoms with E-state index in [0.717, 1.165) is 30.7 Å². The van der Waals surface area contributed by atoms with Crippen LogP contribution in [0, 0.1) is 17.8 Å². The number of likely N-dealkylation sites (tertiary alicyclic amines) is 1. The fourth-order valence-corrected chi connectivity index (χ4v) is 4.46. The molecule has 0 radical (unpaired) electrons. The van der Waals surface area contributed by atoms with E-state index < -0.39 is 0 Å². The molecule has 3 aliphatic rings. The van der Waals surface area contributed by atoms with Crippen molar-refractivity contribution in [3.63, 3.8) is 0 Å². The van der Waals surface area contributed by atoms with Gasteiger partial charge < -0.3 is 19.1 Å². The number of amides is 1. The van der Waals surface area contributed by atoms with E-state index in [4.69, 9.17) is 14.2 Å². The highest BCUT2D eigenvalue weighted by molar-refractivity contribution is 5.80. The van der Waals surface area contributed by atoms with Gasteiger partial charge in [0.15, 0.2) is 0 Å². The number of fused-ring (bicyclic) bond motifs is 3. The van der Waals surface area contributed by atoms with Gasteiger partial charge in [0.25, 0.3) is 0 Å². The number of ether oxygens (including phenoxy) is 3. The van der Waals surface area contributed by atoms with E-state index in [-0.39, 0.29) is 17.9 Å². The average Bonchev–Trinajstić information content (AvgIpc) is 3.01. The highest BCUT2D eigenvalue weighted by Crippen LogP contribution is 2.48. The number of hydrogen-bond acceptors (Lipinski definition) is 4. The predicted octanol–water partition coefficient (Wildman–Crippen LogP) is 2.27. The normalized spacial score (nSPS) is 29.7. The van der Waals surface area contributed by atoms with Crippen LogP contribution in [0.2, 0.25) is 0 Å². The largest absolute Gasteiger partial charge is 0.493 e. The Morgan fingerprint density at radius 2 is 2.08 bits per heavy atom. The summed E-state index contributed by atoms with van der Waals surface area (Å²) in [6.45, 7) is 3.48. The Morgan fingerprint density at radius 1 is 1.29 bits per heavy atom. The van der Waals surface area contributed by atoms with Gasteiger partial charge in [-0.2, -0.15) is 0 Å². The van der Waals surface area contributed by atoms with E-state index in [2.05, 4.69) is 11.0 Å². The van der Waals surface area contributed by atoms with Crippen LogP contribution in [0.5, 0.6) is 5.75 Å². The van der Waals surface area contributed by atoms with Crippen molar-refractivity contribution in [1.82, 2.24) is 4.90 Å². The first-order valence-electron chi connectivity index (χ1n) is 8.88. The van der Waals surface area contributed by atoms with E-state index in [0.29, 0.717) is 38.3 Å². The summed E-state index contributed by atoms with van der Waals surface area (Å²) in [7, 11) is 1.73. The molecular weight excluding hydrogens is 306 g/mol. The number of carbonyl (C=O) groups is 1. The van der Waals surface area contributed by atoms with Crippen LogP contribution in [0.25, 0.3) is 0 Å². The Bertz CT molecular complexity index is 599. The summed E-state index contributed by atoms with van der Waals surface area (Å²) in [4.78, 5) is 15.3. The summed E-state index contributed by atoms with van der Waals surface area (Å²) < 4.78 is 16.8. The van der Waals surface area contributed by atoms with Crippen LogP contribution in [-0.2, 0) is 14.3 Å². The molecule has 1 amide bonds. The van der Waals surface area contributed by atoms with Crippen LogP contribution < -0.4 is 4.74 Å². The Labute approximate surface area is 142 Å². The molecule has 2 saturated heterocycles. The number of benzene rings is 1. The molecule has 0 aliphatic carbocycles. The first kappa shape index (κ1) is 15.9. The molecule has 1 aromatic carbocycles. The molecule has 1 aromatic rings. The zero-order chi connectivity index (χ0) is 16.5. The minimum absolute atomic E-state index is 0.0932. The van der Waals surface area contributed by atoms with E-state index in [1.54, 1.807) is 7.11 Å². The van der Waals surface area contributed by atoms with Crippen LogP contribution in [-0.4, -0.2) is 50.9 Å². The maximum absolute atomic E-state index is 13.2. The quantitative estimate of drug-likeness (QED) is 0.852. The Morgan fingerprint density at radius 3 is 2.88 bits per heavy atom. The van der Waals surface area contributed by atoms with Crippen molar-refractivity contribution in [2.45, 2.75) is 18.9 Å². The van der Waals surface area contributed by atoms with Crippen molar-refractivity contribution in [3.8, 4) is 5.75 Å². The molecule has 0 aromatic heterocycles. The second kappa shape index (κ2) is 6.73. The third-order valence-corrected chi connectivity index (χ3v) is 5.68. The summed E-state index contributed by atoms with van der Waals surface area (Å²) in [6.07, 6.45) is 1.67. The third kappa shape index (κ3) is 2.70. The van der Waals surface area contributed by atoms with Crippen LogP contribution in [0.4, 0.5) is 0 Å². The fraction of sp³-hybridized carbons (Fsp3) is 0.632. The van der Waals surface area contributed by atoms with Crippen LogP contribution in [0.3, 0.4) is 0 Å². The van der Waals surface area contributed by atoms with Gasteiger partial charge in [-0.25, -0.2) is 0 Å². The van der Waals surface area contributed by atoms with Gasteiger partial charge in [-0.05, 0) is 18.9 Å². The number of hydrogen-bond donors (Lipinski definition) is 0. The Balaban J connectivity index is 1.64. The molecule has 2 fully saturated rings. The lowest BCUT2D eigenvalue weighted by atomic mass is 9.85. The highest BCUT2D eigenvalue weighted by Gasteiger charge is 2.48. The summed E-state index contributed by atoms with van der Waals surface area (Å²) in [5, 5.41) is 0. The SMILES string of the molecule is COC[C@@H]1CN(C(=O)C2CCOCC2)[C@H]2c3ccccc3OC[C@@H]12. The molecule has 0 bridgehead atoms. The van der Waals surface area contributed by atoms with Crippen molar-refractivity contribution in [3.05, 3.63) is 29.8 Å². The first-order chi connectivity index (χ1) is 11.8.